The van der Waals surface area contributed by atoms with E-state index in [4.69, 9.17) is 5.26 Å². The zero-order valence-corrected chi connectivity index (χ0v) is 14.6. The Balaban J connectivity index is 1.96. The maximum atomic E-state index is 13.9. The Kier molecular flexibility index (Phi) is 5.36. The van der Waals surface area contributed by atoms with E-state index in [0.29, 0.717) is 12.0 Å². The molecule has 1 N–H and O–H groups in total. The van der Waals surface area contributed by atoms with E-state index < -0.39 is 42.6 Å². The summed E-state index contributed by atoms with van der Waals surface area (Å²) in [7, 11) is 0. The molecule has 2 aromatic rings. The molecule has 1 aliphatic rings. The van der Waals surface area contributed by atoms with Crippen molar-refractivity contribution in [2.24, 2.45) is 0 Å². The van der Waals surface area contributed by atoms with Gasteiger partial charge < -0.3 is 5.32 Å². The van der Waals surface area contributed by atoms with E-state index in [0.717, 1.165) is 17.0 Å². The molecule has 0 saturated heterocycles. The number of hydrogen-bond acceptors (Lipinski definition) is 3. The first-order chi connectivity index (χ1) is 13.3. The fourth-order valence-corrected chi connectivity index (χ4v) is 3.18. The molecule has 0 aliphatic heterocycles. The summed E-state index contributed by atoms with van der Waals surface area (Å²) >= 11 is 0. The summed E-state index contributed by atoms with van der Waals surface area (Å²) in [6.45, 7) is 0. The number of alkyl halides is 2. The standard InChI is InChI=1S/C20H16F3N3O2/c21-15-6-13(11-24)7-17(8-15)26(12-27)18(14-4-2-1-3-5-14)19(28)25-16-9-20(22,23)10-16/h1-8,12,16,18H,9-10H2,(H,25,28)/t18-/m0/s1. The lowest BCUT2D eigenvalue weighted by Crippen LogP contribution is -2.53. The van der Waals surface area contributed by atoms with Gasteiger partial charge in [-0.25, -0.2) is 13.2 Å². The normalized spacial score (nSPS) is 16.4. The van der Waals surface area contributed by atoms with Gasteiger partial charge in [0.15, 0.2) is 0 Å². The van der Waals surface area contributed by atoms with Gasteiger partial charge in [-0.05, 0) is 23.8 Å². The molecule has 1 aliphatic carbocycles. The zero-order valence-electron chi connectivity index (χ0n) is 14.6. The fraction of sp³-hybridized carbons (Fsp3) is 0.250. The summed E-state index contributed by atoms with van der Waals surface area (Å²) in [4.78, 5) is 25.7. The SMILES string of the molecule is N#Cc1cc(F)cc(N(C=O)[C@H](C(=O)NC2CC(F)(F)C2)c2ccccc2)c1. The van der Waals surface area contributed by atoms with Crippen LogP contribution >= 0.6 is 0 Å². The number of carbonyl (C=O) groups is 2. The van der Waals surface area contributed by atoms with Crippen LogP contribution in [0.15, 0.2) is 48.5 Å². The number of nitrogens with one attached hydrogen (secondary N) is 1. The first kappa shape index (κ1) is 19.4. The summed E-state index contributed by atoms with van der Waals surface area (Å²) in [6.07, 6.45) is -0.595. The van der Waals surface area contributed by atoms with Crippen molar-refractivity contribution in [2.45, 2.75) is 30.8 Å². The van der Waals surface area contributed by atoms with Gasteiger partial charge in [-0.15, -0.1) is 0 Å². The van der Waals surface area contributed by atoms with Crippen LogP contribution in [0.3, 0.4) is 0 Å². The lowest BCUT2D eigenvalue weighted by molar-refractivity contribution is -0.131. The fourth-order valence-electron chi connectivity index (χ4n) is 3.18. The van der Waals surface area contributed by atoms with E-state index in [9.17, 15) is 22.8 Å². The van der Waals surface area contributed by atoms with Gasteiger partial charge in [-0.1, -0.05) is 30.3 Å². The number of hydrogen-bond donors (Lipinski definition) is 1. The number of anilines is 1. The van der Waals surface area contributed by atoms with Gasteiger partial charge in [0.05, 0.1) is 11.6 Å². The Hall–Kier alpha value is -3.34. The molecule has 0 spiro atoms. The Morgan fingerprint density at radius 1 is 1.25 bits per heavy atom. The van der Waals surface area contributed by atoms with Gasteiger partial charge in [-0.2, -0.15) is 5.26 Å². The van der Waals surface area contributed by atoms with E-state index in [1.165, 1.54) is 6.07 Å². The van der Waals surface area contributed by atoms with E-state index >= 15 is 0 Å². The third-order valence-electron chi connectivity index (χ3n) is 4.50. The molecule has 2 amide bonds. The average Bonchev–Trinajstić information content (AvgIpc) is 2.64. The predicted octanol–water partition coefficient (Wildman–Crippen LogP) is 3.32. The van der Waals surface area contributed by atoms with Crippen LogP contribution in [0.2, 0.25) is 0 Å². The highest BCUT2D eigenvalue weighted by Crippen LogP contribution is 2.38. The summed E-state index contributed by atoms with van der Waals surface area (Å²) in [6, 6.07) is 11.4. The third kappa shape index (κ3) is 4.14. The minimum Gasteiger partial charge on any atom is -0.351 e. The number of carbonyl (C=O) groups excluding carboxylic acids is 2. The van der Waals surface area contributed by atoms with Crippen LogP contribution < -0.4 is 10.2 Å². The van der Waals surface area contributed by atoms with Gasteiger partial charge in [0.2, 0.25) is 12.3 Å². The molecule has 0 bridgehead atoms. The maximum Gasteiger partial charge on any atom is 0.252 e. The minimum atomic E-state index is -2.81. The van der Waals surface area contributed by atoms with Gasteiger partial charge >= 0.3 is 0 Å². The summed E-state index contributed by atoms with van der Waals surface area (Å²) < 4.78 is 40.0. The summed E-state index contributed by atoms with van der Waals surface area (Å²) in [5, 5.41) is 11.6. The van der Waals surface area contributed by atoms with Crippen LogP contribution in [0.25, 0.3) is 0 Å². The van der Waals surface area contributed by atoms with Crippen molar-refractivity contribution in [2.75, 3.05) is 4.90 Å². The van der Waals surface area contributed by atoms with Crippen molar-refractivity contribution < 1.29 is 22.8 Å². The zero-order chi connectivity index (χ0) is 20.3. The summed E-state index contributed by atoms with van der Waals surface area (Å²) in [5.41, 5.74) is 0.406. The molecule has 0 aromatic heterocycles. The highest BCUT2D eigenvalue weighted by atomic mass is 19.3. The Labute approximate surface area is 159 Å². The van der Waals surface area contributed by atoms with E-state index in [1.54, 1.807) is 36.4 Å². The van der Waals surface area contributed by atoms with Crippen molar-refractivity contribution in [3.8, 4) is 6.07 Å². The van der Waals surface area contributed by atoms with Crippen LogP contribution in [-0.2, 0) is 9.59 Å². The average molecular weight is 387 g/mol. The molecule has 8 heteroatoms. The van der Waals surface area contributed by atoms with Crippen LogP contribution in [0.5, 0.6) is 0 Å². The Morgan fingerprint density at radius 3 is 2.50 bits per heavy atom. The largest absolute Gasteiger partial charge is 0.351 e. The van der Waals surface area contributed by atoms with Gasteiger partial charge in [-0.3, -0.25) is 14.5 Å². The van der Waals surface area contributed by atoms with Crippen LogP contribution in [0.4, 0.5) is 18.9 Å². The number of nitriles is 1. The van der Waals surface area contributed by atoms with Gasteiger partial charge in [0, 0.05) is 24.6 Å². The van der Waals surface area contributed by atoms with E-state index in [1.807, 2.05) is 0 Å². The number of halogens is 3. The molecule has 0 heterocycles. The Bertz CT molecular complexity index is 920. The molecule has 0 radical (unpaired) electrons. The highest BCUT2D eigenvalue weighted by molar-refractivity contribution is 5.93. The molecule has 0 unspecified atom stereocenters. The predicted molar refractivity (Wildman–Crippen MR) is 95.0 cm³/mol. The second-order valence-electron chi connectivity index (χ2n) is 6.61. The lowest BCUT2D eigenvalue weighted by atomic mass is 9.88. The van der Waals surface area contributed by atoms with Crippen molar-refractivity contribution in [3.63, 3.8) is 0 Å². The smallest absolute Gasteiger partial charge is 0.252 e. The van der Waals surface area contributed by atoms with Gasteiger partial charge in [0.1, 0.15) is 11.9 Å². The third-order valence-corrected chi connectivity index (χ3v) is 4.50. The molecule has 144 valence electrons. The molecular weight excluding hydrogens is 371 g/mol. The number of benzene rings is 2. The molecular formula is C20H16F3N3O2. The quantitative estimate of drug-likeness (QED) is 0.773. The number of amides is 2. The second kappa shape index (κ2) is 7.72. The van der Waals surface area contributed by atoms with E-state index in [-0.39, 0.29) is 11.3 Å². The topological polar surface area (TPSA) is 73.2 Å². The van der Waals surface area contributed by atoms with Crippen LogP contribution in [0, 0.1) is 17.1 Å². The molecule has 1 fully saturated rings. The molecule has 28 heavy (non-hydrogen) atoms. The minimum absolute atomic E-state index is 0.00879. The van der Waals surface area contributed by atoms with Crippen molar-refractivity contribution in [1.82, 2.24) is 5.32 Å². The highest BCUT2D eigenvalue weighted by Gasteiger charge is 2.46. The molecule has 1 saturated carbocycles. The van der Waals surface area contributed by atoms with E-state index in [2.05, 4.69) is 5.32 Å². The Morgan fingerprint density at radius 2 is 1.93 bits per heavy atom. The van der Waals surface area contributed by atoms with Crippen molar-refractivity contribution >= 4 is 18.0 Å². The first-order valence-corrected chi connectivity index (χ1v) is 8.50. The molecule has 1 atom stereocenters. The number of rotatable bonds is 6. The number of nitrogens with zero attached hydrogens (tertiary/aromatic N) is 2. The monoisotopic (exact) mass is 387 g/mol. The van der Waals surface area contributed by atoms with Crippen LogP contribution in [-0.4, -0.2) is 24.3 Å². The second-order valence-corrected chi connectivity index (χ2v) is 6.61. The lowest BCUT2D eigenvalue weighted by Gasteiger charge is -2.37. The first-order valence-electron chi connectivity index (χ1n) is 8.50. The van der Waals surface area contributed by atoms with Crippen LogP contribution in [0.1, 0.15) is 30.0 Å². The van der Waals surface area contributed by atoms with Crippen molar-refractivity contribution in [3.05, 3.63) is 65.5 Å². The molecule has 3 rings (SSSR count). The molecule has 2 aromatic carbocycles. The van der Waals surface area contributed by atoms with Crippen molar-refractivity contribution in [1.29, 1.82) is 5.26 Å². The summed E-state index contributed by atoms with van der Waals surface area (Å²) in [5.74, 6) is -4.22. The van der Waals surface area contributed by atoms with Gasteiger partial charge in [0.25, 0.3) is 5.92 Å². The maximum absolute atomic E-state index is 13.9. The molecule has 5 nitrogen and oxygen atoms in total.